The minimum absolute atomic E-state index is 0.0737. The molecule has 0 saturated carbocycles. The molecule has 1 amide bonds. The van der Waals surface area contributed by atoms with Gasteiger partial charge in [-0.05, 0) is 35.4 Å². The van der Waals surface area contributed by atoms with Crippen LogP contribution in [0, 0.1) is 0 Å². The van der Waals surface area contributed by atoms with Gasteiger partial charge in [0.2, 0.25) is 5.91 Å². The third-order valence-electron chi connectivity index (χ3n) is 4.32. The van der Waals surface area contributed by atoms with E-state index in [2.05, 4.69) is 10.4 Å². The molecule has 1 N–H and O–H groups in total. The Labute approximate surface area is 158 Å². The van der Waals surface area contributed by atoms with Crippen molar-refractivity contribution >= 4 is 5.91 Å². The Morgan fingerprint density at radius 1 is 1.04 bits per heavy atom. The zero-order chi connectivity index (χ0) is 19.1. The second-order valence-corrected chi connectivity index (χ2v) is 6.10. The minimum Gasteiger partial charge on any atom is -0.497 e. The van der Waals surface area contributed by atoms with Gasteiger partial charge in [0.15, 0.2) is 0 Å². The molecule has 1 heterocycles. The summed E-state index contributed by atoms with van der Waals surface area (Å²) >= 11 is 0. The van der Waals surface area contributed by atoms with Gasteiger partial charge in [-0.25, -0.2) is 0 Å². The van der Waals surface area contributed by atoms with Crippen LogP contribution in [-0.2, 0) is 24.3 Å². The number of ether oxygens (including phenoxy) is 2. The number of hydrogen-bond acceptors (Lipinski definition) is 4. The highest BCUT2D eigenvalue weighted by atomic mass is 16.5. The largest absolute Gasteiger partial charge is 0.497 e. The number of aromatic nitrogens is 2. The molecule has 0 fully saturated rings. The zero-order valence-electron chi connectivity index (χ0n) is 15.5. The zero-order valence-corrected chi connectivity index (χ0v) is 15.5. The number of carbonyl (C=O) groups excluding carboxylic acids is 1. The van der Waals surface area contributed by atoms with Crippen molar-refractivity contribution in [3.8, 4) is 11.5 Å². The molecule has 3 rings (SSSR count). The summed E-state index contributed by atoms with van der Waals surface area (Å²) in [7, 11) is 3.19. The lowest BCUT2D eigenvalue weighted by atomic mass is 10.1. The van der Waals surface area contributed by atoms with Crippen molar-refractivity contribution in [1.29, 1.82) is 0 Å². The molecule has 27 heavy (non-hydrogen) atoms. The average Bonchev–Trinajstić information content (AvgIpc) is 3.20. The summed E-state index contributed by atoms with van der Waals surface area (Å²) in [5.41, 5.74) is 2.98. The molecule has 0 radical (unpaired) electrons. The fourth-order valence-electron chi connectivity index (χ4n) is 2.90. The number of rotatable bonds is 8. The van der Waals surface area contributed by atoms with Crippen LogP contribution in [-0.4, -0.2) is 29.9 Å². The first-order chi connectivity index (χ1) is 13.2. The van der Waals surface area contributed by atoms with Crippen LogP contribution in [0.25, 0.3) is 0 Å². The Morgan fingerprint density at radius 3 is 2.56 bits per heavy atom. The van der Waals surface area contributed by atoms with Crippen molar-refractivity contribution in [2.45, 2.75) is 19.5 Å². The second kappa shape index (κ2) is 8.89. The van der Waals surface area contributed by atoms with Crippen molar-refractivity contribution in [3.05, 3.63) is 77.6 Å². The number of carbonyl (C=O) groups is 1. The van der Waals surface area contributed by atoms with E-state index < -0.39 is 0 Å². The molecule has 6 nitrogen and oxygen atoms in total. The van der Waals surface area contributed by atoms with Crippen molar-refractivity contribution < 1.29 is 14.3 Å². The van der Waals surface area contributed by atoms with Crippen LogP contribution in [0.15, 0.2) is 60.9 Å². The summed E-state index contributed by atoms with van der Waals surface area (Å²) < 4.78 is 12.4. The monoisotopic (exact) mass is 365 g/mol. The molecular formula is C21H23N3O3. The number of nitrogens with one attached hydrogen (secondary N) is 1. The molecule has 0 spiro atoms. The highest BCUT2D eigenvalue weighted by Crippen LogP contribution is 2.24. The molecule has 0 unspecified atom stereocenters. The predicted octanol–water partition coefficient (Wildman–Crippen LogP) is 2.81. The highest BCUT2D eigenvalue weighted by Gasteiger charge is 2.11. The summed E-state index contributed by atoms with van der Waals surface area (Å²) in [6, 6.07) is 15.4. The van der Waals surface area contributed by atoms with Crippen LogP contribution in [0.5, 0.6) is 11.5 Å². The molecule has 140 valence electrons. The molecule has 0 bridgehead atoms. The lowest BCUT2D eigenvalue weighted by Crippen LogP contribution is -2.25. The maximum Gasteiger partial charge on any atom is 0.224 e. The molecule has 1 aromatic heterocycles. The summed E-state index contributed by atoms with van der Waals surface area (Å²) in [5.74, 6) is 1.30. The predicted molar refractivity (Wildman–Crippen MR) is 103 cm³/mol. The standard InChI is InChI=1S/C21H23N3O3/c1-26-19-8-9-20(27-2)18(12-19)13-21(25)22-14-16-6-3-4-7-17(16)15-24-11-5-10-23-24/h3-12H,13-15H2,1-2H3,(H,22,25). The third-order valence-corrected chi connectivity index (χ3v) is 4.32. The van der Waals surface area contributed by atoms with Gasteiger partial charge in [-0.2, -0.15) is 5.10 Å². The smallest absolute Gasteiger partial charge is 0.224 e. The van der Waals surface area contributed by atoms with Crippen LogP contribution in [0.4, 0.5) is 0 Å². The van der Waals surface area contributed by atoms with Gasteiger partial charge in [0.25, 0.3) is 0 Å². The Morgan fingerprint density at radius 2 is 1.85 bits per heavy atom. The average molecular weight is 365 g/mol. The van der Waals surface area contributed by atoms with Crippen molar-refractivity contribution in [3.63, 3.8) is 0 Å². The molecule has 0 aliphatic rings. The summed E-state index contributed by atoms with van der Waals surface area (Å²) in [5, 5.41) is 7.23. The number of methoxy groups -OCH3 is 2. The molecular weight excluding hydrogens is 342 g/mol. The summed E-state index contributed by atoms with van der Waals surface area (Å²) in [4.78, 5) is 12.5. The first kappa shape index (κ1) is 18.5. The number of nitrogens with zero attached hydrogens (tertiary/aromatic N) is 2. The SMILES string of the molecule is COc1ccc(OC)c(CC(=O)NCc2ccccc2Cn2cccn2)c1. The van der Waals surface area contributed by atoms with Crippen LogP contribution in [0.2, 0.25) is 0 Å². The van der Waals surface area contributed by atoms with Gasteiger partial charge in [-0.3, -0.25) is 9.48 Å². The fourth-order valence-corrected chi connectivity index (χ4v) is 2.90. The molecule has 3 aromatic rings. The van der Waals surface area contributed by atoms with Crippen LogP contribution >= 0.6 is 0 Å². The maximum absolute atomic E-state index is 12.5. The number of hydrogen-bond donors (Lipinski definition) is 1. The van der Waals surface area contributed by atoms with Crippen LogP contribution < -0.4 is 14.8 Å². The van der Waals surface area contributed by atoms with E-state index in [0.29, 0.717) is 24.6 Å². The Bertz CT molecular complexity index is 891. The van der Waals surface area contributed by atoms with E-state index in [1.165, 1.54) is 0 Å². The Kier molecular flexibility index (Phi) is 6.10. The maximum atomic E-state index is 12.5. The van der Waals surface area contributed by atoms with Crippen LogP contribution in [0.1, 0.15) is 16.7 Å². The summed E-state index contributed by atoms with van der Waals surface area (Å²) in [6.07, 6.45) is 3.90. The van der Waals surface area contributed by atoms with Gasteiger partial charge >= 0.3 is 0 Å². The minimum atomic E-state index is -0.0737. The first-order valence-electron chi connectivity index (χ1n) is 8.71. The molecule has 0 atom stereocenters. The number of benzene rings is 2. The third kappa shape index (κ3) is 4.88. The first-order valence-corrected chi connectivity index (χ1v) is 8.71. The molecule has 0 saturated heterocycles. The van der Waals surface area contributed by atoms with E-state index in [1.807, 2.05) is 53.3 Å². The van der Waals surface area contributed by atoms with Gasteiger partial charge in [0, 0.05) is 24.5 Å². The normalized spacial score (nSPS) is 10.4. The van der Waals surface area contributed by atoms with E-state index >= 15 is 0 Å². The Balaban J connectivity index is 1.65. The molecule has 0 aliphatic heterocycles. The van der Waals surface area contributed by atoms with Gasteiger partial charge in [-0.1, -0.05) is 24.3 Å². The van der Waals surface area contributed by atoms with E-state index in [9.17, 15) is 4.79 Å². The second-order valence-electron chi connectivity index (χ2n) is 6.10. The summed E-state index contributed by atoms with van der Waals surface area (Å²) in [6.45, 7) is 1.13. The van der Waals surface area contributed by atoms with E-state index in [0.717, 1.165) is 16.7 Å². The lowest BCUT2D eigenvalue weighted by Gasteiger charge is -2.13. The van der Waals surface area contributed by atoms with Crippen molar-refractivity contribution in [2.75, 3.05) is 14.2 Å². The van der Waals surface area contributed by atoms with Crippen molar-refractivity contribution in [1.82, 2.24) is 15.1 Å². The quantitative estimate of drug-likeness (QED) is 0.667. The van der Waals surface area contributed by atoms with Crippen LogP contribution in [0.3, 0.4) is 0 Å². The number of amides is 1. The van der Waals surface area contributed by atoms with Gasteiger partial charge in [0.05, 0.1) is 27.2 Å². The topological polar surface area (TPSA) is 65.4 Å². The molecule has 0 aliphatic carbocycles. The van der Waals surface area contributed by atoms with E-state index in [4.69, 9.17) is 9.47 Å². The van der Waals surface area contributed by atoms with Gasteiger partial charge < -0.3 is 14.8 Å². The lowest BCUT2D eigenvalue weighted by molar-refractivity contribution is -0.120. The van der Waals surface area contributed by atoms with Gasteiger partial charge in [-0.15, -0.1) is 0 Å². The fraction of sp³-hybridized carbons (Fsp3) is 0.238. The van der Waals surface area contributed by atoms with Gasteiger partial charge in [0.1, 0.15) is 11.5 Å². The Hall–Kier alpha value is -3.28. The van der Waals surface area contributed by atoms with E-state index in [-0.39, 0.29) is 12.3 Å². The van der Waals surface area contributed by atoms with Crippen molar-refractivity contribution in [2.24, 2.45) is 0 Å². The molecule has 2 aromatic carbocycles. The highest BCUT2D eigenvalue weighted by molar-refractivity contribution is 5.79. The molecule has 6 heteroatoms. The van der Waals surface area contributed by atoms with E-state index in [1.54, 1.807) is 26.5 Å².